The van der Waals surface area contributed by atoms with Crippen LogP contribution in [0.25, 0.3) is 0 Å². The molecule has 0 fully saturated rings. The highest BCUT2D eigenvalue weighted by Crippen LogP contribution is 2.22. The van der Waals surface area contributed by atoms with Crippen LogP contribution in [-0.2, 0) is 6.54 Å². The molecule has 0 unspecified atom stereocenters. The van der Waals surface area contributed by atoms with Crippen molar-refractivity contribution in [2.75, 3.05) is 5.32 Å². The summed E-state index contributed by atoms with van der Waals surface area (Å²) in [7, 11) is 0. The van der Waals surface area contributed by atoms with E-state index >= 15 is 0 Å². The number of aromatic nitrogens is 2. The lowest BCUT2D eigenvalue weighted by atomic mass is 10.2. The lowest BCUT2D eigenvalue weighted by Gasteiger charge is -2.02. The normalized spacial score (nSPS) is 10.3. The molecule has 5 nitrogen and oxygen atoms in total. The highest BCUT2D eigenvalue weighted by molar-refractivity contribution is 5.45. The molecule has 2 aromatic rings. The van der Waals surface area contributed by atoms with Gasteiger partial charge >= 0.3 is 0 Å². The van der Waals surface area contributed by atoms with Crippen LogP contribution >= 0.6 is 0 Å². The zero-order valence-electron chi connectivity index (χ0n) is 10.3. The number of anilines is 1. The van der Waals surface area contributed by atoms with Gasteiger partial charge in [0.1, 0.15) is 6.07 Å². The summed E-state index contributed by atoms with van der Waals surface area (Å²) >= 11 is 0. The minimum atomic E-state index is 0.158. The fourth-order valence-corrected chi connectivity index (χ4v) is 1.46. The Hall–Kier alpha value is -2.35. The van der Waals surface area contributed by atoms with Crippen molar-refractivity contribution in [1.82, 2.24) is 9.97 Å². The van der Waals surface area contributed by atoms with Crippen LogP contribution in [0.15, 0.2) is 28.9 Å². The topological polar surface area (TPSA) is 74.7 Å². The molecule has 0 aliphatic heterocycles. The van der Waals surface area contributed by atoms with E-state index < -0.39 is 0 Å². The van der Waals surface area contributed by atoms with Crippen LogP contribution in [0.3, 0.4) is 0 Å². The maximum absolute atomic E-state index is 8.99. The van der Waals surface area contributed by atoms with Crippen LogP contribution in [0.1, 0.15) is 36.9 Å². The fourth-order valence-electron chi connectivity index (χ4n) is 1.46. The van der Waals surface area contributed by atoms with Gasteiger partial charge in [-0.1, -0.05) is 19.9 Å². The summed E-state index contributed by atoms with van der Waals surface area (Å²) in [5.41, 5.74) is 1.31. The predicted molar refractivity (Wildman–Crippen MR) is 66.9 cm³/mol. The Morgan fingerprint density at radius 1 is 1.50 bits per heavy atom. The minimum absolute atomic E-state index is 0.158. The quantitative estimate of drug-likeness (QED) is 0.892. The van der Waals surface area contributed by atoms with Crippen molar-refractivity contribution in [3.8, 4) is 6.07 Å². The largest absolute Gasteiger partial charge is 0.424 e. The monoisotopic (exact) mass is 242 g/mol. The third-order valence-electron chi connectivity index (χ3n) is 2.42. The summed E-state index contributed by atoms with van der Waals surface area (Å²) in [5, 5.41) is 12.0. The Balaban J connectivity index is 2.12. The second-order valence-corrected chi connectivity index (χ2v) is 4.21. The molecule has 0 saturated heterocycles. The van der Waals surface area contributed by atoms with Crippen molar-refractivity contribution in [2.45, 2.75) is 26.3 Å². The van der Waals surface area contributed by atoms with Crippen LogP contribution in [0.5, 0.6) is 0 Å². The average Bonchev–Trinajstić information content (AvgIpc) is 2.81. The van der Waals surface area contributed by atoms with Crippen LogP contribution in [-0.4, -0.2) is 9.97 Å². The lowest BCUT2D eigenvalue weighted by molar-refractivity contribution is 0.480. The summed E-state index contributed by atoms with van der Waals surface area (Å²) in [6.45, 7) is 4.49. The minimum Gasteiger partial charge on any atom is -0.424 e. The Kier molecular flexibility index (Phi) is 3.58. The number of nitriles is 1. The summed E-state index contributed by atoms with van der Waals surface area (Å²) in [5.74, 6) is 1.15. The molecular weight excluding hydrogens is 228 g/mol. The van der Waals surface area contributed by atoms with E-state index in [4.69, 9.17) is 9.68 Å². The van der Waals surface area contributed by atoms with E-state index in [-0.39, 0.29) is 5.92 Å². The number of rotatable bonds is 4. The molecule has 1 N–H and O–H groups in total. The zero-order chi connectivity index (χ0) is 13.0. The third kappa shape index (κ3) is 2.66. The Morgan fingerprint density at radius 3 is 2.94 bits per heavy atom. The molecular formula is C13H14N4O. The first-order valence-electron chi connectivity index (χ1n) is 5.74. The fraction of sp³-hybridized carbons (Fsp3) is 0.308. The van der Waals surface area contributed by atoms with Gasteiger partial charge in [0.05, 0.1) is 0 Å². The van der Waals surface area contributed by atoms with E-state index in [1.54, 1.807) is 12.4 Å². The van der Waals surface area contributed by atoms with Crippen molar-refractivity contribution < 1.29 is 4.42 Å². The van der Waals surface area contributed by atoms with Gasteiger partial charge in [0, 0.05) is 24.9 Å². The number of hydrogen-bond acceptors (Lipinski definition) is 5. The summed E-state index contributed by atoms with van der Waals surface area (Å²) in [6.07, 6.45) is 3.48. The molecule has 0 radical (unpaired) electrons. The zero-order valence-corrected chi connectivity index (χ0v) is 10.3. The molecule has 92 valence electrons. The molecule has 18 heavy (non-hydrogen) atoms. The second-order valence-electron chi connectivity index (χ2n) is 4.21. The van der Waals surface area contributed by atoms with E-state index in [1.807, 2.05) is 32.0 Å². The molecule has 2 aromatic heterocycles. The van der Waals surface area contributed by atoms with Gasteiger partial charge in [-0.15, -0.1) is 0 Å². The number of nitrogens with one attached hydrogen (secondary N) is 1. The predicted octanol–water partition coefficient (Wildman–Crippen LogP) is 2.68. The van der Waals surface area contributed by atoms with E-state index in [0.29, 0.717) is 24.0 Å². The average molecular weight is 242 g/mol. The van der Waals surface area contributed by atoms with E-state index in [0.717, 1.165) is 5.56 Å². The molecule has 0 bridgehead atoms. The highest BCUT2D eigenvalue weighted by Gasteiger charge is 2.14. The van der Waals surface area contributed by atoms with Gasteiger partial charge in [-0.2, -0.15) is 5.26 Å². The molecule has 0 aromatic carbocycles. The lowest BCUT2D eigenvalue weighted by Crippen LogP contribution is -2.00. The third-order valence-corrected chi connectivity index (χ3v) is 2.42. The van der Waals surface area contributed by atoms with Crippen molar-refractivity contribution in [2.24, 2.45) is 0 Å². The first-order chi connectivity index (χ1) is 8.70. The number of nitrogens with zero attached hydrogens (tertiary/aromatic N) is 3. The van der Waals surface area contributed by atoms with Gasteiger partial charge in [0.25, 0.3) is 0 Å². The molecule has 0 amide bonds. The van der Waals surface area contributed by atoms with Crippen LogP contribution in [0.4, 0.5) is 5.88 Å². The van der Waals surface area contributed by atoms with Crippen LogP contribution < -0.4 is 5.32 Å². The summed E-state index contributed by atoms with van der Waals surface area (Å²) in [4.78, 5) is 8.16. The van der Waals surface area contributed by atoms with E-state index in [2.05, 4.69) is 15.3 Å². The summed E-state index contributed by atoms with van der Waals surface area (Å²) in [6, 6.07) is 5.84. The summed E-state index contributed by atoms with van der Waals surface area (Å²) < 4.78 is 5.52. The van der Waals surface area contributed by atoms with Crippen molar-refractivity contribution in [3.63, 3.8) is 0 Å². The van der Waals surface area contributed by atoms with Gasteiger partial charge in [-0.3, -0.25) is 4.98 Å². The maximum atomic E-state index is 8.99. The van der Waals surface area contributed by atoms with Crippen molar-refractivity contribution in [3.05, 3.63) is 41.7 Å². The molecule has 0 saturated carbocycles. The van der Waals surface area contributed by atoms with Crippen LogP contribution in [0.2, 0.25) is 0 Å². The van der Waals surface area contributed by atoms with E-state index in [1.165, 1.54) is 0 Å². The van der Waals surface area contributed by atoms with E-state index in [9.17, 15) is 0 Å². The molecule has 2 rings (SSSR count). The second kappa shape index (κ2) is 5.32. The van der Waals surface area contributed by atoms with Gasteiger partial charge in [0.2, 0.25) is 17.5 Å². The number of hydrogen-bond donors (Lipinski definition) is 1. The smallest absolute Gasteiger partial charge is 0.232 e. The Morgan fingerprint density at radius 2 is 2.33 bits per heavy atom. The standard InChI is InChI=1S/C13H14N4O/c1-9(2)12-17-11(6-14)13(18-12)16-8-10-4-3-5-15-7-10/h3-5,7,9,16H,8H2,1-2H3. The molecule has 0 aliphatic carbocycles. The number of pyridine rings is 1. The van der Waals surface area contributed by atoms with Crippen LogP contribution in [0, 0.1) is 11.3 Å². The van der Waals surface area contributed by atoms with Gasteiger partial charge < -0.3 is 9.73 Å². The van der Waals surface area contributed by atoms with Crippen molar-refractivity contribution >= 4 is 5.88 Å². The molecule has 2 heterocycles. The molecule has 5 heteroatoms. The first kappa shape index (κ1) is 12.1. The Labute approximate surface area is 105 Å². The van der Waals surface area contributed by atoms with Gasteiger partial charge in [0.15, 0.2) is 0 Å². The Bertz CT molecular complexity index is 554. The van der Waals surface area contributed by atoms with Gasteiger partial charge in [-0.25, -0.2) is 4.98 Å². The first-order valence-corrected chi connectivity index (χ1v) is 5.74. The SMILES string of the molecule is CC(C)c1nc(C#N)c(NCc2cccnc2)o1. The highest BCUT2D eigenvalue weighted by atomic mass is 16.4. The van der Waals surface area contributed by atoms with Crippen molar-refractivity contribution in [1.29, 1.82) is 5.26 Å². The molecule has 0 aliphatic rings. The molecule has 0 atom stereocenters. The number of oxazole rings is 1. The molecule has 0 spiro atoms. The maximum Gasteiger partial charge on any atom is 0.232 e. The van der Waals surface area contributed by atoms with Gasteiger partial charge in [-0.05, 0) is 11.6 Å².